The first-order valence-electron chi connectivity index (χ1n) is 4.33. The predicted octanol–water partition coefficient (Wildman–Crippen LogP) is 2.65. The van der Waals surface area contributed by atoms with E-state index >= 15 is 0 Å². The first-order chi connectivity index (χ1) is 4.78. The molecule has 0 aromatic carbocycles. The highest BCUT2D eigenvalue weighted by molar-refractivity contribution is 5.91. The van der Waals surface area contributed by atoms with Crippen molar-refractivity contribution in [2.75, 3.05) is 0 Å². The molecule has 2 atom stereocenters. The molecule has 0 aromatic heterocycles. The van der Waals surface area contributed by atoms with Crippen molar-refractivity contribution in [3.8, 4) is 0 Å². The van der Waals surface area contributed by atoms with Crippen LogP contribution in [0, 0.1) is 16.7 Å². The van der Waals surface area contributed by atoms with Gasteiger partial charge in [-0.15, -0.1) is 0 Å². The van der Waals surface area contributed by atoms with E-state index < -0.39 is 0 Å². The minimum atomic E-state index is -0.153. The molecule has 64 valence electrons. The molecule has 0 bridgehead atoms. The van der Waals surface area contributed by atoms with E-state index in [1.165, 1.54) is 0 Å². The molecule has 0 heterocycles. The molecule has 1 aliphatic rings. The Morgan fingerprint density at radius 3 is 1.91 bits per heavy atom. The van der Waals surface area contributed by atoms with Gasteiger partial charge in [-0.25, -0.2) is 0 Å². The lowest BCUT2D eigenvalue weighted by Gasteiger charge is -2.21. The second kappa shape index (κ2) is 2.09. The summed E-state index contributed by atoms with van der Waals surface area (Å²) < 4.78 is 0. The maximum absolute atomic E-state index is 11.8. The number of Topliss-reactive ketones (excluding diaryl/α,β-unsaturated/α-hetero) is 1. The van der Waals surface area contributed by atoms with E-state index in [0.29, 0.717) is 11.7 Å². The quantitative estimate of drug-likeness (QED) is 0.567. The molecule has 1 nitrogen and oxygen atoms in total. The molecular weight excluding hydrogens is 136 g/mol. The lowest BCUT2D eigenvalue weighted by atomic mass is 9.81. The fourth-order valence-electron chi connectivity index (χ4n) is 1.75. The van der Waals surface area contributed by atoms with E-state index in [9.17, 15) is 4.79 Å². The van der Waals surface area contributed by atoms with Gasteiger partial charge in [0.25, 0.3) is 0 Å². The van der Waals surface area contributed by atoms with Crippen LogP contribution < -0.4 is 0 Å². The lowest BCUT2D eigenvalue weighted by Crippen LogP contribution is -2.28. The molecule has 0 spiro atoms. The third kappa shape index (κ3) is 1.33. The molecule has 1 aliphatic carbocycles. The zero-order valence-electron chi connectivity index (χ0n) is 8.19. The SMILES string of the molecule is CC1CC1(C)C(=O)C(C)(C)C. The van der Waals surface area contributed by atoms with Crippen LogP contribution in [0.25, 0.3) is 0 Å². The van der Waals surface area contributed by atoms with Gasteiger partial charge >= 0.3 is 0 Å². The van der Waals surface area contributed by atoms with Crippen LogP contribution in [-0.4, -0.2) is 5.78 Å². The Balaban J connectivity index is 2.71. The molecule has 0 aliphatic heterocycles. The van der Waals surface area contributed by atoms with Crippen molar-refractivity contribution in [1.82, 2.24) is 0 Å². The third-order valence-corrected chi connectivity index (χ3v) is 2.86. The Bertz CT molecular complexity index is 188. The second-order valence-corrected chi connectivity index (χ2v) is 5.10. The van der Waals surface area contributed by atoms with Crippen LogP contribution >= 0.6 is 0 Å². The average Bonchev–Trinajstić information content (AvgIpc) is 2.38. The molecule has 0 N–H and O–H groups in total. The highest BCUT2D eigenvalue weighted by Crippen LogP contribution is 2.55. The summed E-state index contributed by atoms with van der Waals surface area (Å²) >= 11 is 0. The van der Waals surface area contributed by atoms with Crippen molar-refractivity contribution in [3.05, 3.63) is 0 Å². The molecule has 1 heteroatoms. The number of hydrogen-bond acceptors (Lipinski definition) is 1. The molecule has 1 rings (SSSR count). The van der Waals surface area contributed by atoms with E-state index in [2.05, 4.69) is 13.8 Å². The molecule has 2 unspecified atom stereocenters. The summed E-state index contributed by atoms with van der Waals surface area (Å²) in [4.78, 5) is 11.8. The van der Waals surface area contributed by atoms with Gasteiger partial charge in [-0.1, -0.05) is 34.6 Å². The molecule has 0 radical (unpaired) electrons. The van der Waals surface area contributed by atoms with Crippen molar-refractivity contribution in [3.63, 3.8) is 0 Å². The summed E-state index contributed by atoms with van der Waals surface area (Å²) in [6.07, 6.45) is 1.09. The van der Waals surface area contributed by atoms with E-state index in [1.807, 2.05) is 20.8 Å². The van der Waals surface area contributed by atoms with Gasteiger partial charge in [-0.2, -0.15) is 0 Å². The first-order valence-corrected chi connectivity index (χ1v) is 4.33. The maximum atomic E-state index is 11.8. The van der Waals surface area contributed by atoms with Gasteiger partial charge in [-0.05, 0) is 12.3 Å². The Kier molecular flexibility index (Phi) is 1.66. The van der Waals surface area contributed by atoms with Crippen LogP contribution in [-0.2, 0) is 4.79 Å². The van der Waals surface area contributed by atoms with E-state index in [0.717, 1.165) is 6.42 Å². The Morgan fingerprint density at radius 1 is 1.45 bits per heavy atom. The van der Waals surface area contributed by atoms with Gasteiger partial charge in [0.05, 0.1) is 0 Å². The van der Waals surface area contributed by atoms with Gasteiger partial charge in [0, 0.05) is 10.8 Å². The average molecular weight is 154 g/mol. The van der Waals surface area contributed by atoms with Crippen molar-refractivity contribution in [2.24, 2.45) is 16.7 Å². The van der Waals surface area contributed by atoms with Crippen LogP contribution in [0.15, 0.2) is 0 Å². The molecule has 1 saturated carbocycles. The van der Waals surface area contributed by atoms with Gasteiger partial charge in [0.1, 0.15) is 5.78 Å². The largest absolute Gasteiger partial charge is 0.298 e. The normalized spacial score (nSPS) is 37.0. The Labute approximate surface area is 69.2 Å². The first kappa shape index (κ1) is 8.76. The number of hydrogen-bond donors (Lipinski definition) is 0. The van der Waals surface area contributed by atoms with Gasteiger partial charge in [-0.3, -0.25) is 4.79 Å². The summed E-state index contributed by atoms with van der Waals surface area (Å²) in [6.45, 7) is 10.3. The number of ketones is 1. The molecule has 0 amide bonds. The van der Waals surface area contributed by atoms with Crippen LogP contribution in [0.5, 0.6) is 0 Å². The van der Waals surface area contributed by atoms with Crippen molar-refractivity contribution < 1.29 is 4.79 Å². The monoisotopic (exact) mass is 154 g/mol. The smallest absolute Gasteiger partial charge is 0.144 e. The minimum Gasteiger partial charge on any atom is -0.298 e. The number of carbonyl (C=O) groups is 1. The van der Waals surface area contributed by atoms with Crippen LogP contribution in [0.1, 0.15) is 41.0 Å². The van der Waals surface area contributed by atoms with Crippen molar-refractivity contribution in [1.29, 1.82) is 0 Å². The van der Waals surface area contributed by atoms with Gasteiger partial charge < -0.3 is 0 Å². The standard InChI is InChI=1S/C10H18O/c1-7-6-10(7,5)8(11)9(2,3)4/h7H,6H2,1-5H3. The molecule has 11 heavy (non-hydrogen) atoms. The van der Waals surface area contributed by atoms with Crippen LogP contribution in [0.2, 0.25) is 0 Å². The highest BCUT2D eigenvalue weighted by Gasteiger charge is 2.55. The summed E-state index contributed by atoms with van der Waals surface area (Å²) in [7, 11) is 0. The zero-order valence-corrected chi connectivity index (χ0v) is 8.19. The highest BCUT2D eigenvalue weighted by atomic mass is 16.1. The van der Waals surface area contributed by atoms with Gasteiger partial charge in [0.15, 0.2) is 0 Å². The number of rotatable bonds is 1. The summed E-state index contributed by atoms with van der Waals surface area (Å²) in [6, 6.07) is 0. The van der Waals surface area contributed by atoms with Crippen LogP contribution in [0.3, 0.4) is 0 Å². The summed E-state index contributed by atoms with van der Waals surface area (Å²) in [5, 5.41) is 0. The number of carbonyl (C=O) groups excluding carboxylic acids is 1. The van der Waals surface area contributed by atoms with Gasteiger partial charge in [0.2, 0.25) is 0 Å². The molecular formula is C10H18O. The molecule has 0 saturated heterocycles. The molecule has 1 fully saturated rings. The van der Waals surface area contributed by atoms with Crippen LogP contribution in [0.4, 0.5) is 0 Å². The summed E-state index contributed by atoms with van der Waals surface area (Å²) in [5.74, 6) is 1.03. The fourth-order valence-corrected chi connectivity index (χ4v) is 1.75. The van der Waals surface area contributed by atoms with Crippen molar-refractivity contribution in [2.45, 2.75) is 41.0 Å². The fraction of sp³-hybridized carbons (Fsp3) is 0.900. The maximum Gasteiger partial charge on any atom is 0.144 e. The van der Waals surface area contributed by atoms with E-state index in [-0.39, 0.29) is 10.8 Å². The lowest BCUT2D eigenvalue weighted by molar-refractivity contribution is -0.131. The predicted molar refractivity (Wildman–Crippen MR) is 46.4 cm³/mol. The molecule has 0 aromatic rings. The van der Waals surface area contributed by atoms with Crippen molar-refractivity contribution >= 4 is 5.78 Å². The Morgan fingerprint density at radius 2 is 1.82 bits per heavy atom. The second-order valence-electron chi connectivity index (χ2n) is 5.10. The van der Waals surface area contributed by atoms with E-state index in [4.69, 9.17) is 0 Å². The topological polar surface area (TPSA) is 17.1 Å². The Hall–Kier alpha value is -0.330. The third-order valence-electron chi connectivity index (χ3n) is 2.86. The van der Waals surface area contributed by atoms with E-state index in [1.54, 1.807) is 0 Å². The zero-order chi connectivity index (χ0) is 8.86. The summed E-state index contributed by atoms with van der Waals surface area (Å²) in [5.41, 5.74) is -0.141. The minimum absolute atomic E-state index is 0.0122.